The zero-order chi connectivity index (χ0) is 17.6. The first-order chi connectivity index (χ1) is 12.0. The van der Waals surface area contributed by atoms with Crippen molar-refractivity contribution in [1.29, 1.82) is 0 Å². The Labute approximate surface area is 147 Å². The molecule has 0 radical (unpaired) electrons. The number of aliphatic hydroxyl groups is 1. The summed E-state index contributed by atoms with van der Waals surface area (Å²) >= 11 is 0. The van der Waals surface area contributed by atoms with Gasteiger partial charge in [0.05, 0.1) is 12.1 Å². The van der Waals surface area contributed by atoms with Crippen LogP contribution in [0.4, 0.5) is 0 Å². The number of aryl methyl sites for hydroxylation is 1. The number of aromatic nitrogens is 2. The van der Waals surface area contributed by atoms with Crippen molar-refractivity contribution in [2.75, 3.05) is 13.1 Å². The number of amides is 2. The first-order valence-electron chi connectivity index (χ1n) is 9.28. The van der Waals surface area contributed by atoms with Crippen molar-refractivity contribution in [3.05, 3.63) is 18.2 Å². The van der Waals surface area contributed by atoms with Gasteiger partial charge in [-0.25, -0.2) is 4.98 Å². The molecule has 1 saturated heterocycles. The number of fused-ring (bicyclic) bond motifs is 1. The Bertz CT molecular complexity index is 661. The van der Waals surface area contributed by atoms with Crippen molar-refractivity contribution < 1.29 is 14.7 Å². The highest BCUT2D eigenvalue weighted by molar-refractivity contribution is 5.91. The van der Waals surface area contributed by atoms with Crippen LogP contribution in [0.15, 0.2) is 12.4 Å². The molecule has 0 unspecified atom stereocenters. The van der Waals surface area contributed by atoms with Gasteiger partial charge in [-0.3, -0.25) is 9.59 Å². The molecule has 25 heavy (non-hydrogen) atoms. The average Bonchev–Trinajstić information content (AvgIpc) is 3.31. The van der Waals surface area contributed by atoms with E-state index in [2.05, 4.69) is 10.3 Å². The third-order valence-electron chi connectivity index (χ3n) is 6.26. The molecule has 4 rings (SSSR count). The van der Waals surface area contributed by atoms with E-state index in [1.807, 2.05) is 4.90 Å². The van der Waals surface area contributed by atoms with E-state index < -0.39 is 6.10 Å². The monoisotopic (exact) mass is 346 g/mol. The fourth-order valence-electron chi connectivity index (χ4n) is 4.86. The van der Waals surface area contributed by atoms with Crippen LogP contribution in [0.3, 0.4) is 0 Å². The van der Waals surface area contributed by atoms with E-state index in [0.29, 0.717) is 30.5 Å². The molecule has 2 aliphatic carbocycles. The predicted octanol–water partition coefficient (Wildman–Crippen LogP) is 0.548. The molecule has 0 aromatic carbocycles. The van der Waals surface area contributed by atoms with Crippen LogP contribution in [0.5, 0.6) is 0 Å². The van der Waals surface area contributed by atoms with Crippen molar-refractivity contribution in [3.63, 3.8) is 0 Å². The van der Waals surface area contributed by atoms with Crippen molar-refractivity contribution >= 4 is 11.8 Å². The van der Waals surface area contributed by atoms with Crippen LogP contribution in [0, 0.1) is 17.8 Å². The number of carbonyl (C=O) groups is 2. The first-order valence-corrected chi connectivity index (χ1v) is 9.28. The Morgan fingerprint density at radius 1 is 1.24 bits per heavy atom. The third kappa shape index (κ3) is 3.05. The summed E-state index contributed by atoms with van der Waals surface area (Å²) in [6.07, 6.45) is 7.29. The lowest BCUT2D eigenvalue weighted by Crippen LogP contribution is -2.41. The molecule has 2 heterocycles. The maximum absolute atomic E-state index is 12.8. The lowest BCUT2D eigenvalue weighted by molar-refractivity contribution is -0.134. The summed E-state index contributed by atoms with van der Waals surface area (Å²) in [7, 11) is 1.75. The second-order valence-corrected chi connectivity index (χ2v) is 7.87. The number of likely N-dealkylation sites (tertiary alicyclic amines) is 1. The summed E-state index contributed by atoms with van der Waals surface area (Å²) in [6, 6.07) is -0.389. The largest absolute Gasteiger partial charge is 0.391 e. The summed E-state index contributed by atoms with van der Waals surface area (Å²) in [6.45, 7) is 1.75. The number of nitrogens with one attached hydrogen (secondary N) is 1. The third-order valence-corrected chi connectivity index (χ3v) is 6.26. The first kappa shape index (κ1) is 16.6. The molecule has 0 bridgehead atoms. The van der Waals surface area contributed by atoms with Crippen LogP contribution in [-0.4, -0.2) is 56.6 Å². The van der Waals surface area contributed by atoms with Crippen LogP contribution >= 0.6 is 0 Å². The van der Waals surface area contributed by atoms with E-state index in [4.69, 9.17) is 0 Å². The van der Waals surface area contributed by atoms with Gasteiger partial charge in [0.2, 0.25) is 5.91 Å². The maximum atomic E-state index is 12.8. The zero-order valence-electron chi connectivity index (χ0n) is 14.6. The highest BCUT2D eigenvalue weighted by atomic mass is 16.3. The molecule has 136 valence electrons. The van der Waals surface area contributed by atoms with Crippen LogP contribution in [0.2, 0.25) is 0 Å². The van der Waals surface area contributed by atoms with E-state index in [9.17, 15) is 14.7 Å². The van der Waals surface area contributed by atoms with E-state index >= 15 is 0 Å². The second kappa shape index (κ2) is 6.44. The fraction of sp³-hybridized carbons (Fsp3) is 0.722. The molecule has 2 amide bonds. The number of hydrogen-bond donors (Lipinski definition) is 2. The van der Waals surface area contributed by atoms with Gasteiger partial charge in [0.1, 0.15) is 0 Å². The lowest BCUT2D eigenvalue weighted by atomic mass is 10.0. The van der Waals surface area contributed by atoms with Crippen LogP contribution in [0.25, 0.3) is 0 Å². The van der Waals surface area contributed by atoms with E-state index in [0.717, 1.165) is 13.1 Å². The Hall–Kier alpha value is -1.89. The fourth-order valence-corrected chi connectivity index (χ4v) is 4.86. The maximum Gasteiger partial charge on any atom is 0.287 e. The number of nitrogens with zero attached hydrogens (tertiary/aromatic N) is 3. The molecule has 1 aromatic heterocycles. The second-order valence-electron chi connectivity index (χ2n) is 7.87. The molecule has 7 heteroatoms. The zero-order valence-corrected chi connectivity index (χ0v) is 14.6. The molecule has 2 saturated carbocycles. The van der Waals surface area contributed by atoms with E-state index in [-0.39, 0.29) is 23.8 Å². The van der Waals surface area contributed by atoms with Gasteiger partial charge in [0, 0.05) is 38.4 Å². The molecule has 7 nitrogen and oxygen atoms in total. The normalized spacial score (nSPS) is 34.3. The summed E-state index contributed by atoms with van der Waals surface area (Å²) in [5.41, 5.74) is 0. The van der Waals surface area contributed by atoms with Gasteiger partial charge < -0.3 is 19.9 Å². The number of aliphatic hydroxyl groups excluding tert-OH is 1. The summed E-state index contributed by atoms with van der Waals surface area (Å²) in [5.74, 6) is 1.32. The van der Waals surface area contributed by atoms with Gasteiger partial charge in [0.15, 0.2) is 5.82 Å². The van der Waals surface area contributed by atoms with E-state index in [1.54, 1.807) is 24.0 Å². The van der Waals surface area contributed by atoms with Gasteiger partial charge in [-0.2, -0.15) is 0 Å². The minimum absolute atomic E-state index is 0.155. The molecule has 0 spiro atoms. The smallest absolute Gasteiger partial charge is 0.287 e. The van der Waals surface area contributed by atoms with Crippen LogP contribution in [-0.2, 0) is 11.8 Å². The van der Waals surface area contributed by atoms with E-state index in [1.165, 1.54) is 19.3 Å². The minimum atomic E-state index is -0.680. The standard InChI is InChI=1S/C18H26N4O3/c1-21-6-5-19-16(21)17(24)20-14-7-13(8-15(14)23)18(25)22-9-11-3-2-4-12(11)10-22/h5-6,11-15,23H,2-4,7-10H2,1H3,(H,20,24)/t11-,12+,13-,14-,15-/m0/s1. The molecule has 1 aliphatic heterocycles. The topological polar surface area (TPSA) is 87.5 Å². The molecular weight excluding hydrogens is 320 g/mol. The van der Waals surface area contributed by atoms with Gasteiger partial charge in [0.25, 0.3) is 5.91 Å². The highest BCUT2D eigenvalue weighted by Crippen LogP contribution is 2.39. The molecular formula is C18H26N4O3. The van der Waals surface area contributed by atoms with Gasteiger partial charge in [-0.1, -0.05) is 6.42 Å². The van der Waals surface area contributed by atoms with Crippen molar-refractivity contribution in [3.8, 4) is 0 Å². The number of hydrogen-bond acceptors (Lipinski definition) is 4. The van der Waals surface area contributed by atoms with Gasteiger partial charge >= 0.3 is 0 Å². The Balaban J connectivity index is 1.35. The lowest BCUT2D eigenvalue weighted by Gasteiger charge is -2.21. The van der Waals surface area contributed by atoms with Crippen LogP contribution < -0.4 is 5.32 Å². The number of imidazole rings is 1. The Morgan fingerprint density at radius 3 is 2.60 bits per heavy atom. The van der Waals surface area contributed by atoms with Crippen LogP contribution in [0.1, 0.15) is 42.7 Å². The summed E-state index contributed by atoms with van der Waals surface area (Å²) in [5, 5.41) is 13.2. The molecule has 3 aliphatic rings. The average molecular weight is 346 g/mol. The SMILES string of the molecule is Cn1ccnc1C(=O)N[C@H]1C[C@H](C(=O)N2C[C@H]3CCC[C@H]3C2)C[C@@H]1O. The minimum Gasteiger partial charge on any atom is -0.391 e. The summed E-state index contributed by atoms with van der Waals surface area (Å²) in [4.78, 5) is 31.1. The molecule has 5 atom stereocenters. The molecule has 3 fully saturated rings. The Morgan fingerprint density at radius 2 is 1.96 bits per heavy atom. The van der Waals surface area contributed by atoms with Gasteiger partial charge in [-0.15, -0.1) is 0 Å². The number of rotatable bonds is 3. The van der Waals surface area contributed by atoms with Crippen molar-refractivity contribution in [2.45, 2.75) is 44.2 Å². The number of carbonyl (C=O) groups excluding carboxylic acids is 2. The highest BCUT2D eigenvalue weighted by Gasteiger charge is 2.44. The van der Waals surface area contributed by atoms with Gasteiger partial charge in [-0.05, 0) is 37.5 Å². The molecule has 1 aromatic rings. The van der Waals surface area contributed by atoms with Crippen molar-refractivity contribution in [2.24, 2.45) is 24.8 Å². The van der Waals surface area contributed by atoms with Crippen molar-refractivity contribution in [1.82, 2.24) is 19.8 Å². The Kier molecular flexibility index (Phi) is 4.27. The predicted molar refractivity (Wildman–Crippen MR) is 90.6 cm³/mol. The molecule has 2 N–H and O–H groups in total. The summed E-state index contributed by atoms with van der Waals surface area (Å²) < 4.78 is 1.64. The quantitative estimate of drug-likeness (QED) is 0.837.